The van der Waals surface area contributed by atoms with E-state index >= 15 is 0 Å². The summed E-state index contributed by atoms with van der Waals surface area (Å²) in [5, 5.41) is 14.3. The molecule has 1 fully saturated rings. The van der Waals surface area contributed by atoms with Crippen LogP contribution >= 0.6 is 0 Å². The van der Waals surface area contributed by atoms with Gasteiger partial charge in [0.1, 0.15) is 5.75 Å². The van der Waals surface area contributed by atoms with Gasteiger partial charge in [0.2, 0.25) is 0 Å². The zero-order valence-corrected chi connectivity index (χ0v) is 13.1. The summed E-state index contributed by atoms with van der Waals surface area (Å²) in [6.07, 6.45) is 5.42. The summed E-state index contributed by atoms with van der Waals surface area (Å²) in [5.74, 6) is 0.867. The number of aryl methyl sites for hydroxylation is 1. The molecule has 0 radical (unpaired) electrons. The number of ether oxygens (including phenoxy) is 1. The van der Waals surface area contributed by atoms with Crippen LogP contribution in [0.4, 0.5) is 0 Å². The van der Waals surface area contributed by atoms with E-state index < -0.39 is 0 Å². The first-order chi connectivity index (χ1) is 10.7. The topological polar surface area (TPSA) is 50.5 Å². The van der Waals surface area contributed by atoms with Crippen LogP contribution in [0.2, 0.25) is 0 Å². The van der Waals surface area contributed by atoms with Crippen LogP contribution in [0.15, 0.2) is 36.7 Å². The van der Waals surface area contributed by atoms with Crippen molar-refractivity contribution >= 4 is 0 Å². The van der Waals surface area contributed by atoms with Crippen molar-refractivity contribution in [1.29, 1.82) is 0 Å². The molecule has 5 nitrogen and oxygen atoms in total. The van der Waals surface area contributed by atoms with E-state index in [0.29, 0.717) is 0 Å². The summed E-state index contributed by atoms with van der Waals surface area (Å²) in [4.78, 5) is 2.35. The van der Waals surface area contributed by atoms with Crippen LogP contribution in [0.25, 0.3) is 0 Å². The van der Waals surface area contributed by atoms with Gasteiger partial charge in [-0.05, 0) is 36.1 Å². The fraction of sp³-hybridized carbons (Fsp3) is 0.471. The minimum Gasteiger partial charge on any atom is -0.497 e. The Kier molecular flexibility index (Phi) is 4.45. The van der Waals surface area contributed by atoms with E-state index in [4.69, 9.17) is 4.74 Å². The third-order valence-corrected chi connectivity index (χ3v) is 4.31. The van der Waals surface area contributed by atoms with Gasteiger partial charge in [-0.1, -0.05) is 12.1 Å². The van der Waals surface area contributed by atoms with Crippen LogP contribution in [0.1, 0.15) is 23.6 Å². The zero-order valence-electron chi connectivity index (χ0n) is 13.1. The van der Waals surface area contributed by atoms with Crippen molar-refractivity contribution < 1.29 is 9.84 Å². The van der Waals surface area contributed by atoms with Crippen LogP contribution in [-0.2, 0) is 13.5 Å². The van der Waals surface area contributed by atoms with Gasteiger partial charge in [-0.2, -0.15) is 5.10 Å². The molecule has 3 rings (SSSR count). The van der Waals surface area contributed by atoms with E-state index in [-0.39, 0.29) is 12.1 Å². The second-order valence-corrected chi connectivity index (χ2v) is 5.95. The number of β-amino-alcohol motifs (C(OH)–C–C–N with tert-alkyl or cyclic N) is 1. The summed E-state index contributed by atoms with van der Waals surface area (Å²) in [5.41, 5.74) is 2.44. The Morgan fingerprint density at radius 3 is 3.00 bits per heavy atom. The number of rotatable bonds is 5. The minimum atomic E-state index is -0.259. The normalized spacial score (nSPS) is 22.1. The van der Waals surface area contributed by atoms with Gasteiger partial charge in [0.25, 0.3) is 0 Å². The summed E-state index contributed by atoms with van der Waals surface area (Å²) in [6.45, 7) is 1.65. The molecule has 0 aliphatic carbocycles. The molecule has 0 bridgehead atoms. The monoisotopic (exact) mass is 301 g/mol. The maximum absolute atomic E-state index is 10.1. The lowest BCUT2D eigenvalue weighted by Gasteiger charge is -2.24. The zero-order chi connectivity index (χ0) is 15.5. The molecule has 2 atom stereocenters. The highest BCUT2D eigenvalue weighted by Gasteiger charge is 2.31. The number of aliphatic hydroxyl groups is 1. The largest absolute Gasteiger partial charge is 0.497 e. The van der Waals surface area contributed by atoms with E-state index in [0.717, 1.165) is 31.7 Å². The Bertz CT molecular complexity index is 626. The molecule has 0 amide bonds. The number of benzene rings is 1. The number of hydrogen-bond donors (Lipinski definition) is 1. The Balaban J connectivity index is 1.71. The second kappa shape index (κ2) is 6.50. The van der Waals surface area contributed by atoms with Crippen LogP contribution in [0, 0.1) is 0 Å². The van der Waals surface area contributed by atoms with Crippen molar-refractivity contribution in [3.63, 3.8) is 0 Å². The standard InChI is InChI=1S/C17H23N3O2/c1-19-11-13(10-18-19)6-7-20-12-15(21)9-17(20)14-4-3-5-16(8-14)22-2/h3-5,8,10-11,15,17,21H,6-7,9,12H2,1-2H3/t15-,17+/m1/s1. The number of aliphatic hydroxyl groups excluding tert-OH is 1. The van der Waals surface area contributed by atoms with Crippen molar-refractivity contribution in [3.8, 4) is 5.75 Å². The molecule has 1 aromatic heterocycles. The van der Waals surface area contributed by atoms with E-state index in [1.54, 1.807) is 7.11 Å². The van der Waals surface area contributed by atoms with Gasteiger partial charge in [-0.15, -0.1) is 0 Å². The van der Waals surface area contributed by atoms with Gasteiger partial charge in [-0.25, -0.2) is 0 Å². The number of likely N-dealkylation sites (tertiary alicyclic amines) is 1. The highest BCUT2D eigenvalue weighted by molar-refractivity contribution is 5.31. The maximum Gasteiger partial charge on any atom is 0.119 e. The SMILES string of the molecule is COc1cccc([C@@H]2C[C@@H](O)CN2CCc2cnn(C)c2)c1. The number of nitrogens with zero attached hydrogens (tertiary/aromatic N) is 3. The molecule has 2 heterocycles. The van der Waals surface area contributed by atoms with Gasteiger partial charge < -0.3 is 9.84 Å². The minimum absolute atomic E-state index is 0.252. The molecule has 22 heavy (non-hydrogen) atoms. The molecule has 1 saturated heterocycles. The predicted molar refractivity (Wildman–Crippen MR) is 84.8 cm³/mol. The summed E-state index contributed by atoms with van der Waals surface area (Å²) in [6, 6.07) is 8.40. The van der Waals surface area contributed by atoms with Crippen molar-refractivity contribution in [2.45, 2.75) is 25.0 Å². The summed E-state index contributed by atoms with van der Waals surface area (Å²) < 4.78 is 7.14. The first-order valence-corrected chi connectivity index (χ1v) is 7.69. The molecule has 1 aliphatic heterocycles. The van der Waals surface area contributed by atoms with Gasteiger partial charge >= 0.3 is 0 Å². The number of aromatic nitrogens is 2. The quantitative estimate of drug-likeness (QED) is 0.914. The third kappa shape index (κ3) is 3.31. The van der Waals surface area contributed by atoms with Gasteiger partial charge in [-0.3, -0.25) is 9.58 Å². The van der Waals surface area contributed by atoms with Gasteiger partial charge in [0, 0.05) is 32.4 Å². The highest BCUT2D eigenvalue weighted by Crippen LogP contribution is 2.33. The van der Waals surface area contributed by atoms with Crippen molar-refractivity contribution in [3.05, 3.63) is 47.8 Å². The Morgan fingerprint density at radius 2 is 2.27 bits per heavy atom. The molecule has 0 spiro atoms. The molecule has 2 aromatic rings. The molecule has 0 unspecified atom stereocenters. The van der Waals surface area contributed by atoms with Crippen LogP contribution in [-0.4, -0.2) is 46.1 Å². The van der Waals surface area contributed by atoms with Crippen LogP contribution in [0.3, 0.4) is 0 Å². The molecule has 5 heteroatoms. The molecule has 1 aliphatic rings. The molecule has 118 valence electrons. The average molecular weight is 301 g/mol. The molecular weight excluding hydrogens is 278 g/mol. The summed E-state index contributed by atoms with van der Waals surface area (Å²) >= 11 is 0. The first-order valence-electron chi connectivity index (χ1n) is 7.69. The number of hydrogen-bond acceptors (Lipinski definition) is 4. The fourth-order valence-corrected chi connectivity index (χ4v) is 3.20. The third-order valence-electron chi connectivity index (χ3n) is 4.31. The Morgan fingerprint density at radius 1 is 1.41 bits per heavy atom. The Labute approximate surface area is 131 Å². The van der Waals surface area contributed by atoms with E-state index in [9.17, 15) is 5.11 Å². The molecule has 1 N–H and O–H groups in total. The van der Waals surface area contributed by atoms with Crippen molar-refractivity contribution in [1.82, 2.24) is 14.7 Å². The summed E-state index contributed by atoms with van der Waals surface area (Å²) in [7, 11) is 3.62. The highest BCUT2D eigenvalue weighted by atomic mass is 16.5. The molecule has 1 aromatic carbocycles. The van der Waals surface area contributed by atoms with Crippen molar-refractivity contribution in [2.24, 2.45) is 7.05 Å². The van der Waals surface area contributed by atoms with E-state index in [2.05, 4.69) is 22.1 Å². The van der Waals surface area contributed by atoms with E-state index in [1.807, 2.05) is 36.3 Å². The molecular formula is C17H23N3O2. The first kappa shape index (κ1) is 15.1. The second-order valence-electron chi connectivity index (χ2n) is 5.95. The maximum atomic E-state index is 10.1. The lowest BCUT2D eigenvalue weighted by molar-refractivity contribution is 0.175. The van der Waals surface area contributed by atoms with Crippen LogP contribution in [0.5, 0.6) is 5.75 Å². The van der Waals surface area contributed by atoms with Crippen LogP contribution < -0.4 is 4.74 Å². The Hall–Kier alpha value is -1.85. The lowest BCUT2D eigenvalue weighted by Crippen LogP contribution is -2.27. The van der Waals surface area contributed by atoms with Gasteiger partial charge in [0.05, 0.1) is 19.4 Å². The molecule has 0 saturated carbocycles. The van der Waals surface area contributed by atoms with E-state index in [1.165, 1.54) is 11.1 Å². The van der Waals surface area contributed by atoms with Gasteiger partial charge in [0.15, 0.2) is 0 Å². The predicted octanol–water partition coefficient (Wildman–Crippen LogP) is 1.78. The smallest absolute Gasteiger partial charge is 0.119 e. The lowest BCUT2D eigenvalue weighted by atomic mass is 10.0. The van der Waals surface area contributed by atoms with Crippen molar-refractivity contribution in [2.75, 3.05) is 20.2 Å². The average Bonchev–Trinajstić information content (AvgIpc) is 3.11. The number of methoxy groups -OCH3 is 1. The fourth-order valence-electron chi connectivity index (χ4n) is 3.20.